The number of hydrogen-bond donors (Lipinski definition) is 0. The van der Waals surface area contributed by atoms with Crippen LogP contribution in [0.4, 0.5) is 0 Å². The molecule has 0 saturated heterocycles. The van der Waals surface area contributed by atoms with Crippen LogP contribution < -0.4 is 0 Å². The number of benzene rings is 1. The van der Waals surface area contributed by atoms with Crippen LogP contribution in [0.2, 0.25) is 0 Å². The van der Waals surface area contributed by atoms with Gasteiger partial charge in [-0.15, -0.1) is 0 Å². The molecule has 0 unspecified atom stereocenters. The molecular weight excluding hydrogens is 260 g/mol. The lowest BCUT2D eigenvalue weighted by Crippen LogP contribution is -2.17. The second-order valence-electron chi connectivity index (χ2n) is 4.40. The molecule has 2 atom stereocenters. The van der Waals surface area contributed by atoms with E-state index in [4.69, 9.17) is 9.47 Å². The molecule has 0 amide bonds. The Kier molecular flexibility index (Phi) is 4.53. The third-order valence-corrected chi connectivity index (χ3v) is 4.31. The largest absolute Gasteiger partial charge is 0.483 e. The average molecular weight is 278 g/mol. The van der Waals surface area contributed by atoms with Crippen molar-refractivity contribution < 1.29 is 14.3 Å². The summed E-state index contributed by atoms with van der Waals surface area (Å²) in [5, 5.41) is 0. The zero-order chi connectivity index (χ0) is 13.8. The van der Waals surface area contributed by atoms with Crippen LogP contribution >= 0.6 is 11.8 Å². The van der Waals surface area contributed by atoms with Crippen LogP contribution in [0.3, 0.4) is 0 Å². The molecule has 1 aromatic rings. The number of allylic oxidation sites excluding steroid dienone is 1. The number of carbonyl (C=O) groups excluding carboxylic acids is 1. The molecular formula is C15H18O3S. The second-order valence-corrected chi connectivity index (χ2v) is 5.57. The van der Waals surface area contributed by atoms with Crippen LogP contribution in [0.15, 0.2) is 46.6 Å². The van der Waals surface area contributed by atoms with Crippen molar-refractivity contribution in [1.29, 1.82) is 0 Å². The number of thioether (sulfide) groups is 1. The van der Waals surface area contributed by atoms with Crippen LogP contribution in [-0.4, -0.2) is 18.0 Å². The predicted molar refractivity (Wildman–Crippen MR) is 75.7 cm³/mol. The van der Waals surface area contributed by atoms with Crippen LogP contribution in [0.25, 0.3) is 0 Å². The number of hydrogen-bond acceptors (Lipinski definition) is 4. The van der Waals surface area contributed by atoms with Crippen LogP contribution in [-0.2, 0) is 14.3 Å². The van der Waals surface area contributed by atoms with Gasteiger partial charge < -0.3 is 9.47 Å². The zero-order valence-corrected chi connectivity index (χ0v) is 12.2. The van der Waals surface area contributed by atoms with Gasteiger partial charge >= 0.3 is 5.97 Å². The molecule has 1 aliphatic heterocycles. The van der Waals surface area contributed by atoms with Crippen molar-refractivity contribution in [2.45, 2.75) is 31.1 Å². The molecule has 0 bridgehead atoms. The predicted octanol–water partition coefficient (Wildman–Crippen LogP) is 3.61. The fraction of sp³-hybridized carbons (Fsp3) is 0.400. The summed E-state index contributed by atoms with van der Waals surface area (Å²) in [6, 6.07) is 10.1. The summed E-state index contributed by atoms with van der Waals surface area (Å²) in [6.45, 7) is 6.03. The third-order valence-electron chi connectivity index (χ3n) is 3.03. The monoisotopic (exact) mass is 278 g/mol. The fourth-order valence-corrected chi connectivity index (χ4v) is 3.21. The SMILES string of the molecule is CCOC(=O)C1=C(C)O[C@H](Sc2ccccc2)[C@@H]1C. The van der Waals surface area contributed by atoms with E-state index in [0.29, 0.717) is 17.9 Å². The Labute approximate surface area is 118 Å². The maximum absolute atomic E-state index is 11.9. The number of esters is 1. The molecule has 102 valence electrons. The maximum Gasteiger partial charge on any atom is 0.337 e. The molecule has 19 heavy (non-hydrogen) atoms. The minimum atomic E-state index is -0.260. The summed E-state index contributed by atoms with van der Waals surface area (Å²) < 4.78 is 10.9. The van der Waals surface area contributed by atoms with Gasteiger partial charge in [-0.25, -0.2) is 4.79 Å². The number of ether oxygens (including phenoxy) is 2. The molecule has 0 spiro atoms. The van der Waals surface area contributed by atoms with Crippen molar-refractivity contribution >= 4 is 17.7 Å². The molecule has 3 nitrogen and oxygen atoms in total. The number of carbonyl (C=O) groups is 1. The molecule has 1 aromatic carbocycles. The highest BCUT2D eigenvalue weighted by molar-refractivity contribution is 7.99. The van der Waals surface area contributed by atoms with Crippen LogP contribution in [0.5, 0.6) is 0 Å². The molecule has 1 aliphatic rings. The highest BCUT2D eigenvalue weighted by atomic mass is 32.2. The summed E-state index contributed by atoms with van der Waals surface area (Å²) in [6.07, 6.45) is 0. The van der Waals surface area contributed by atoms with Crippen molar-refractivity contribution in [2.75, 3.05) is 6.61 Å². The third kappa shape index (κ3) is 3.13. The standard InChI is InChI=1S/C15H18O3S/c1-4-17-14(16)13-10(2)15(18-11(13)3)19-12-8-6-5-7-9-12/h5-10,15H,4H2,1-3H3/t10-,15-/m1/s1. The zero-order valence-electron chi connectivity index (χ0n) is 11.4. The molecule has 0 N–H and O–H groups in total. The van der Waals surface area contributed by atoms with Gasteiger partial charge in [0.05, 0.1) is 12.2 Å². The van der Waals surface area contributed by atoms with Gasteiger partial charge in [-0.05, 0) is 26.0 Å². The van der Waals surface area contributed by atoms with E-state index >= 15 is 0 Å². The Bertz CT molecular complexity index is 481. The lowest BCUT2D eigenvalue weighted by Gasteiger charge is -2.16. The molecule has 2 rings (SSSR count). The van der Waals surface area contributed by atoms with Crippen molar-refractivity contribution in [1.82, 2.24) is 0 Å². The molecule has 0 saturated carbocycles. The molecule has 0 fully saturated rings. The van der Waals surface area contributed by atoms with E-state index in [2.05, 4.69) is 0 Å². The summed E-state index contributed by atoms with van der Waals surface area (Å²) in [4.78, 5) is 13.0. The topological polar surface area (TPSA) is 35.5 Å². The van der Waals surface area contributed by atoms with Gasteiger partial charge in [0.25, 0.3) is 0 Å². The van der Waals surface area contributed by atoms with Crippen molar-refractivity contribution in [3.05, 3.63) is 41.7 Å². The van der Waals surface area contributed by atoms with Crippen molar-refractivity contribution in [3.63, 3.8) is 0 Å². The Morgan fingerprint density at radius 2 is 2.05 bits per heavy atom. The Balaban J connectivity index is 2.07. The van der Waals surface area contributed by atoms with Crippen LogP contribution in [0.1, 0.15) is 20.8 Å². The molecule has 0 aliphatic carbocycles. The first-order valence-electron chi connectivity index (χ1n) is 6.39. The van der Waals surface area contributed by atoms with Gasteiger partial charge in [0.1, 0.15) is 5.76 Å². The highest BCUT2D eigenvalue weighted by Crippen LogP contribution is 2.40. The summed E-state index contributed by atoms with van der Waals surface area (Å²) >= 11 is 1.63. The van der Waals surface area contributed by atoms with Gasteiger partial charge in [0.15, 0.2) is 5.44 Å². The summed E-state index contributed by atoms with van der Waals surface area (Å²) in [5.74, 6) is 0.451. The lowest BCUT2D eigenvalue weighted by atomic mass is 10.0. The summed E-state index contributed by atoms with van der Waals surface area (Å²) in [5.41, 5.74) is 0.595. The minimum Gasteiger partial charge on any atom is -0.483 e. The van der Waals surface area contributed by atoms with Crippen LogP contribution in [0, 0.1) is 5.92 Å². The first-order valence-corrected chi connectivity index (χ1v) is 7.27. The van der Waals surface area contributed by atoms with E-state index in [9.17, 15) is 4.79 Å². The average Bonchev–Trinajstić information content (AvgIpc) is 2.66. The number of rotatable bonds is 4. The van der Waals surface area contributed by atoms with Crippen molar-refractivity contribution in [2.24, 2.45) is 5.92 Å². The maximum atomic E-state index is 11.9. The van der Waals surface area contributed by atoms with Gasteiger partial charge in [-0.2, -0.15) is 0 Å². The second kappa shape index (κ2) is 6.15. The van der Waals surface area contributed by atoms with E-state index in [1.165, 1.54) is 0 Å². The van der Waals surface area contributed by atoms with Gasteiger partial charge in [-0.1, -0.05) is 36.9 Å². The Morgan fingerprint density at radius 3 is 2.68 bits per heavy atom. The molecule has 4 heteroatoms. The van der Waals surface area contributed by atoms with Crippen molar-refractivity contribution in [3.8, 4) is 0 Å². The first kappa shape index (κ1) is 14.0. The van der Waals surface area contributed by atoms with E-state index in [0.717, 1.165) is 4.90 Å². The quantitative estimate of drug-likeness (QED) is 0.788. The van der Waals surface area contributed by atoms with E-state index in [-0.39, 0.29) is 17.3 Å². The summed E-state index contributed by atoms with van der Waals surface area (Å²) in [7, 11) is 0. The Morgan fingerprint density at radius 1 is 1.37 bits per heavy atom. The van der Waals surface area contributed by atoms with Gasteiger partial charge in [-0.3, -0.25) is 0 Å². The first-order chi connectivity index (χ1) is 9.13. The molecule has 0 radical (unpaired) electrons. The van der Waals surface area contributed by atoms with Gasteiger partial charge in [0, 0.05) is 10.8 Å². The molecule has 1 heterocycles. The molecule has 0 aromatic heterocycles. The Hall–Kier alpha value is -1.42. The van der Waals surface area contributed by atoms with E-state index in [1.807, 2.05) is 51.1 Å². The lowest BCUT2D eigenvalue weighted by molar-refractivity contribution is -0.139. The van der Waals surface area contributed by atoms with E-state index in [1.54, 1.807) is 11.8 Å². The smallest absolute Gasteiger partial charge is 0.337 e. The fourth-order valence-electron chi connectivity index (χ4n) is 2.09. The van der Waals surface area contributed by atoms with E-state index < -0.39 is 0 Å². The minimum absolute atomic E-state index is 0.0317. The van der Waals surface area contributed by atoms with Gasteiger partial charge in [0.2, 0.25) is 0 Å². The normalized spacial score (nSPS) is 22.3. The highest BCUT2D eigenvalue weighted by Gasteiger charge is 2.36.